The number of hydrogen-bond acceptors (Lipinski definition) is 5. The predicted molar refractivity (Wildman–Crippen MR) is 99.7 cm³/mol. The average Bonchev–Trinajstić information content (AvgIpc) is 3.02. The quantitative estimate of drug-likeness (QED) is 0.746. The molecular formula is C19H25N3OS. The average molecular weight is 343 g/mol. The van der Waals surface area contributed by atoms with Crippen molar-refractivity contribution in [2.45, 2.75) is 33.1 Å². The minimum absolute atomic E-state index is 0.675. The normalized spacial score (nSPS) is 15.4. The van der Waals surface area contributed by atoms with Gasteiger partial charge in [-0.15, -0.1) is 4.37 Å². The van der Waals surface area contributed by atoms with Crippen LogP contribution in [0.4, 0.5) is 0 Å². The van der Waals surface area contributed by atoms with E-state index in [1.54, 1.807) is 0 Å². The Kier molecular flexibility index (Phi) is 5.63. The van der Waals surface area contributed by atoms with Gasteiger partial charge in [0.25, 0.3) is 5.88 Å². The minimum atomic E-state index is 0.675. The Morgan fingerprint density at radius 1 is 1.25 bits per heavy atom. The molecule has 5 heteroatoms. The molecule has 0 fully saturated rings. The molecule has 4 nitrogen and oxygen atoms in total. The van der Waals surface area contributed by atoms with Gasteiger partial charge in [0.15, 0.2) is 0 Å². The number of benzene rings is 1. The summed E-state index contributed by atoms with van der Waals surface area (Å²) in [5, 5.41) is 0. The number of ether oxygens (including phenoxy) is 1. The summed E-state index contributed by atoms with van der Waals surface area (Å²) in [5.74, 6) is 0.696. The molecule has 0 saturated heterocycles. The van der Waals surface area contributed by atoms with E-state index in [1.807, 2.05) is 0 Å². The summed E-state index contributed by atoms with van der Waals surface area (Å²) in [6.45, 7) is 7.01. The Morgan fingerprint density at radius 2 is 2.12 bits per heavy atom. The molecule has 1 aromatic heterocycles. The van der Waals surface area contributed by atoms with Crippen molar-refractivity contribution in [2.75, 3.05) is 26.7 Å². The summed E-state index contributed by atoms with van der Waals surface area (Å²) in [6, 6.07) is 6.64. The first kappa shape index (κ1) is 17.1. The molecule has 0 bridgehead atoms. The third-order valence-electron chi connectivity index (χ3n) is 4.43. The summed E-state index contributed by atoms with van der Waals surface area (Å²) in [7, 11) is 2.14. The lowest BCUT2D eigenvalue weighted by molar-refractivity contribution is 0.300. The third kappa shape index (κ3) is 4.22. The molecule has 0 N–H and O–H groups in total. The second-order valence-electron chi connectivity index (χ2n) is 6.56. The Hall–Kier alpha value is -1.72. The van der Waals surface area contributed by atoms with Crippen LogP contribution in [0.3, 0.4) is 0 Å². The number of rotatable bonds is 6. The molecule has 0 saturated carbocycles. The molecule has 0 spiro atoms. The number of nitrogens with zero attached hydrogens (tertiary/aromatic N) is 3. The fourth-order valence-corrected chi connectivity index (χ4v) is 3.63. The van der Waals surface area contributed by atoms with E-state index in [2.05, 4.69) is 58.8 Å². The van der Waals surface area contributed by atoms with Gasteiger partial charge < -0.3 is 9.64 Å². The van der Waals surface area contributed by atoms with Crippen LogP contribution in [0.15, 0.2) is 24.3 Å². The Bertz CT molecular complexity index is 723. The van der Waals surface area contributed by atoms with Crippen molar-refractivity contribution in [1.82, 2.24) is 13.6 Å². The van der Waals surface area contributed by atoms with E-state index in [-0.39, 0.29) is 0 Å². The van der Waals surface area contributed by atoms with Crippen molar-refractivity contribution in [3.05, 3.63) is 46.7 Å². The summed E-state index contributed by atoms with van der Waals surface area (Å²) in [5.41, 5.74) is 6.25. The fourth-order valence-electron chi connectivity index (χ4n) is 3.09. The first-order chi connectivity index (χ1) is 11.6. The van der Waals surface area contributed by atoms with E-state index >= 15 is 0 Å². The molecule has 1 aliphatic rings. The molecule has 2 heterocycles. The minimum Gasteiger partial charge on any atom is -0.475 e. The van der Waals surface area contributed by atoms with Crippen molar-refractivity contribution >= 4 is 17.3 Å². The molecule has 0 aliphatic carbocycles. The van der Waals surface area contributed by atoms with Gasteiger partial charge in [-0.3, -0.25) is 0 Å². The van der Waals surface area contributed by atoms with Crippen LogP contribution < -0.4 is 4.74 Å². The summed E-state index contributed by atoms with van der Waals surface area (Å²) >= 11 is 1.24. The Morgan fingerprint density at radius 3 is 2.92 bits per heavy atom. The number of aryl methyl sites for hydroxylation is 3. The maximum absolute atomic E-state index is 5.93. The Balaban J connectivity index is 1.54. The number of likely N-dealkylation sites (N-methyl/N-ethyl adjacent to an activating group) is 1. The van der Waals surface area contributed by atoms with E-state index in [1.165, 1.54) is 34.0 Å². The van der Waals surface area contributed by atoms with Gasteiger partial charge in [0, 0.05) is 13.1 Å². The van der Waals surface area contributed by atoms with Gasteiger partial charge in [-0.1, -0.05) is 29.8 Å². The van der Waals surface area contributed by atoms with E-state index in [0.29, 0.717) is 12.5 Å². The van der Waals surface area contributed by atoms with Gasteiger partial charge in [-0.25, -0.2) is 0 Å². The predicted octanol–water partition coefficient (Wildman–Crippen LogP) is 3.89. The molecule has 0 radical (unpaired) electrons. The van der Waals surface area contributed by atoms with E-state index in [0.717, 1.165) is 38.0 Å². The molecular weight excluding hydrogens is 318 g/mol. The molecule has 2 aromatic rings. The third-order valence-corrected chi connectivity index (χ3v) is 4.94. The zero-order valence-corrected chi connectivity index (χ0v) is 15.5. The summed E-state index contributed by atoms with van der Waals surface area (Å²) in [4.78, 5) is 2.30. The van der Waals surface area contributed by atoms with Crippen LogP contribution >= 0.6 is 11.7 Å². The zero-order valence-electron chi connectivity index (χ0n) is 14.7. The highest BCUT2D eigenvalue weighted by atomic mass is 32.1. The van der Waals surface area contributed by atoms with Crippen LogP contribution in [-0.2, 0) is 6.42 Å². The van der Waals surface area contributed by atoms with E-state index < -0.39 is 0 Å². The van der Waals surface area contributed by atoms with Gasteiger partial charge >= 0.3 is 0 Å². The van der Waals surface area contributed by atoms with Crippen LogP contribution in [0.2, 0.25) is 0 Å². The lowest BCUT2D eigenvalue weighted by Gasteiger charge is -2.22. The highest BCUT2D eigenvalue weighted by Gasteiger charge is 2.18. The summed E-state index contributed by atoms with van der Waals surface area (Å²) in [6.07, 6.45) is 5.35. The fraction of sp³-hybridized carbons (Fsp3) is 0.474. The van der Waals surface area contributed by atoms with Crippen LogP contribution in [-0.4, -0.2) is 40.4 Å². The standard InChI is InChI=1S/C19H25N3OS/c1-14-8-9-16(15(2)12-14)7-5-11-23-19-18(20-24-21-19)17-6-4-10-22(3)13-17/h6,8-9,12H,4-5,7,10-11,13H2,1-3H3. The smallest absolute Gasteiger partial charge is 0.253 e. The van der Waals surface area contributed by atoms with Crippen LogP contribution in [0, 0.1) is 13.8 Å². The Labute approximate surface area is 148 Å². The molecule has 128 valence electrons. The van der Waals surface area contributed by atoms with Crippen molar-refractivity contribution in [2.24, 2.45) is 0 Å². The van der Waals surface area contributed by atoms with Gasteiger partial charge in [-0.2, -0.15) is 4.37 Å². The maximum atomic E-state index is 5.93. The molecule has 0 atom stereocenters. The van der Waals surface area contributed by atoms with Crippen LogP contribution in [0.1, 0.15) is 35.2 Å². The first-order valence-corrected chi connectivity index (χ1v) is 9.26. The molecule has 0 unspecified atom stereocenters. The van der Waals surface area contributed by atoms with E-state index in [4.69, 9.17) is 4.74 Å². The molecule has 0 amide bonds. The lowest BCUT2D eigenvalue weighted by Crippen LogP contribution is -2.25. The second kappa shape index (κ2) is 7.90. The molecule has 1 aliphatic heterocycles. The van der Waals surface area contributed by atoms with Crippen LogP contribution in [0.5, 0.6) is 5.88 Å². The number of aromatic nitrogens is 2. The summed E-state index contributed by atoms with van der Waals surface area (Å²) < 4.78 is 14.7. The van der Waals surface area contributed by atoms with Gasteiger partial charge in [0.2, 0.25) is 0 Å². The largest absolute Gasteiger partial charge is 0.475 e. The van der Waals surface area contributed by atoms with Crippen LogP contribution in [0.25, 0.3) is 5.57 Å². The number of hydrogen-bond donors (Lipinski definition) is 0. The first-order valence-electron chi connectivity index (χ1n) is 8.53. The van der Waals surface area contributed by atoms with Gasteiger partial charge in [-0.05, 0) is 56.9 Å². The zero-order chi connectivity index (χ0) is 16.9. The second-order valence-corrected chi connectivity index (χ2v) is 7.08. The van der Waals surface area contributed by atoms with Crippen molar-refractivity contribution in [3.63, 3.8) is 0 Å². The van der Waals surface area contributed by atoms with Crippen molar-refractivity contribution in [1.29, 1.82) is 0 Å². The molecule has 3 rings (SSSR count). The van der Waals surface area contributed by atoms with Gasteiger partial charge in [0.05, 0.1) is 18.3 Å². The SMILES string of the molecule is Cc1ccc(CCCOc2nsnc2C2=CCCN(C)C2)c(C)c1. The van der Waals surface area contributed by atoms with Crippen molar-refractivity contribution in [3.8, 4) is 5.88 Å². The molecule has 1 aromatic carbocycles. The topological polar surface area (TPSA) is 38.3 Å². The maximum Gasteiger partial charge on any atom is 0.253 e. The van der Waals surface area contributed by atoms with Crippen molar-refractivity contribution < 1.29 is 4.74 Å². The van der Waals surface area contributed by atoms with Gasteiger partial charge in [0.1, 0.15) is 5.69 Å². The molecule has 24 heavy (non-hydrogen) atoms. The monoisotopic (exact) mass is 343 g/mol. The lowest BCUT2D eigenvalue weighted by atomic mass is 10.0. The highest BCUT2D eigenvalue weighted by Crippen LogP contribution is 2.27. The highest BCUT2D eigenvalue weighted by molar-refractivity contribution is 6.99. The van der Waals surface area contributed by atoms with E-state index in [9.17, 15) is 0 Å².